The average molecular weight is 369 g/mol. The van der Waals surface area contributed by atoms with Gasteiger partial charge in [-0.15, -0.1) is 0 Å². The zero-order valence-corrected chi connectivity index (χ0v) is 15.1. The number of nitrogens with zero attached hydrogens (tertiary/aromatic N) is 1. The molecule has 2 fully saturated rings. The molecule has 1 aliphatic carbocycles. The number of likely N-dealkylation sites (tertiary alicyclic amines) is 1. The van der Waals surface area contributed by atoms with Gasteiger partial charge in [-0.3, -0.25) is 9.59 Å². The third-order valence-electron chi connectivity index (χ3n) is 5.00. The molecule has 2 aliphatic rings. The number of nitrogens with one attached hydrogen (secondary N) is 1. The van der Waals surface area contributed by atoms with Crippen molar-refractivity contribution in [3.05, 3.63) is 28.2 Å². The number of halogens is 2. The molecule has 0 radical (unpaired) electrons. The molecule has 0 spiro atoms. The van der Waals surface area contributed by atoms with Gasteiger partial charge >= 0.3 is 0 Å². The Hall–Kier alpha value is -1.26. The van der Waals surface area contributed by atoms with Crippen LogP contribution in [0.3, 0.4) is 0 Å². The smallest absolute Gasteiger partial charge is 0.229 e. The van der Waals surface area contributed by atoms with Crippen molar-refractivity contribution in [1.29, 1.82) is 0 Å². The van der Waals surface area contributed by atoms with E-state index < -0.39 is 0 Å². The summed E-state index contributed by atoms with van der Waals surface area (Å²) in [5.41, 5.74) is 0.495. The van der Waals surface area contributed by atoms with Crippen LogP contribution in [0.1, 0.15) is 44.9 Å². The van der Waals surface area contributed by atoms with Crippen LogP contribution in [0.5, 0.6) is 0 Å². The van der Waals surface area contributed by atoms with Gasteiger partial charge in [-0.1, -0.05) is 55.0 Å². The van der Waals surface area contributed by atoms with E-state index in [0.29, 0.717) is 28.3 Å². The maximum atomic E-state index is 12.5. The fourth-order valence-electron chi connectivity index (χ4n) is 3.66. The van der Waals surface area contributed by atoms with Gasteiger partial charge in [0.05, 0.1) is 21.7 Å². The number of anilines is 1. The van der Waals surface area contributed by atoms with Crippen molar-refractivity contribution < 1.29 is 9.59 Å². The first kappa shape index (κ1) is 17.6. The highest BCUT2D eigenvalue weighted by Crippen LogP contribution is 2.32. The van der Waals surface area contributed by atoms with E-state index >= 15 is 0 Å². The molecule has 1 aromatic rings. The van der Waals surface area contributed by atoms with E-state index in [1.54, 1.807) is 18.2 Å². The average Bonchev–Trinajstić information content (AvgIpc) is 2.78. The monoisotopic (exact) mass is 368 g/mol. The van der Waals surface area contributed by atoms with Gasteiger partial charge in [-0.05, 0) is 25.0 Å². The van der Waals surface area contributed by atoms with Crippen LogP contribution in [0.25, 0.3) is 0 Å². The van der Waals surface area contributed by atoms with E-state index in [9.17, 15) is 9.59 Å². The molecule has 1 N–H and O–H groups in total. The third kappa shape index (κ3) is 3.86. The largest absolute Gasteiger partial charge is 0.339 e. The summed E-state index contributed by atoms with van der Waals surface area (Å²) in [6.07, 6.45) is 7.22. The molecule has 1 saturated heterocycles. The molecule has 24 heavy (non-hydrogen) atoms. The topological polar surface area (TPSA) is 49.4 Å². The summed E-state index contributed by atoms with van der Waals surface area (Å²) in [5, 5.41) is 3.55. The molecule has 6 heteroatoms. The van der Waals surface area contributed by atoms with Crippen molar-refractivity contribution in [2.45, 2.75) is 51.0 Å². The molecular formula is C18H22Cl2N2O2. The zero-order valence-electron chi connectivity index (χ0n) is 13.6. The van der Waals surface area contributed by atoms with Crippen molar-refractivity contribution in [3.63, 3.8) is 0 Å². The molecule has 4 nitrogen and oxygen atoms in total. The van der Waals surface area contributed by atoms with E-state index in [2.05, 4.69) is 5.32 Å². The Bertz CT molecular complexity index is 627. The lowest BCUT2D eigenvalue weighted by Gasteiger charge is -2.27. The summed E-state index contributed by atoms with van der Waals surface area (Å²) in [6.45, 7) is 0.507. The van der Waals surface area contributed by atoms with Crippen LogP contribution in [-0.4, -0.2) is 29.3 Å². The predicted octanol–water partition coefficient (Wildman–Crippen LogP) is 4.50. The highest BCUT2D eigenvalue weighted by Gasteiger charge is 2.38. The fourth-order valence-corrected chi connectivity index (χ4v) is 4.01. The molecule has 2 amide bonds. The predicted molar refractivity (Wildman–Crippen MR) is 96.4 cm³/mol. The van der Waals surface area contributed by atoms with E-state index in [1.165, 1.54) is 25.7 Å². The van der Waals surface area contributed by atoms with Crippen LogP contribution in [-0.2, 0) is 9.59 Å². The van der Waals surface area contributed by atoms with Gasteiger partial charge < -0.3 is 10.2 Å². The Balaban J connectivity index is 1.64. The first-order chi connectivity index (χ1) is 11.6. The van der Waals surface area contributed by atoms with Crippen molar-refractivity contribution in [2.75, 3.05) is 11.9 Å². The molecule has 3 rings (SSSR count). The minimum absolute atomic E-state index is 0.0965. The molecule has 0 aromatic heterocycles. The Kier molecular flexibility index (Phi) is 5.67. The standard InChI is InChI=1S/C18H22Cl2N2O2/c19-14-8-5-9-15(17(14)20)21-18(24)12-10-16(23)22(11-12)13-6-3-1-2-4-7-13/h5,8-9,12-13H,1-4,6-7,10-11H2,(H,21,24). The number of carbonyl (C=O) groups excluding carboxylic acids is 2. The van der Waals surface area contributed by atoms with Crippen molar-refractivity contribution >= 4 is 40.7 Å². The number of amides is 2. The number of rotatable bonds is 3. The summed E-state index contributed by atoms with van der Waals surface area (Å²) in [7, 11) is 0. The quantitative estimate of drug-likeness (QED) is 0.798. The van der Waals surface area contributed by atoms with Crippen LogP contribution in [0.2, 0.25) is 10.0 Å². The van der Waals surface area contributed by atoms with Gasteiger partial charge in [-0.2, -0.15) is 0 Å². The molecule has 1 unspecified atom stereocenters. The molecule has 130 valence electrons. The molecule has 1 saturated carbocycles. The number of carbonyl (C=O) groups is 2. The van der Waals surface area contributed by atoms with Gasteiger partial charge in [0, 0.05) is 19.0 Å². The highest BCUT2D eigenvalue weighted by atomic mass is 35.5. The van der Waals surface area contributed by atoms with Crippen LogP contribution in [0, 0.1) is 5.92 Å². The Morgan fingerprint density at radius 1 is 1.12 bits per heavy atom. The van der Waals surface area contributed by atoms with E-state index in [1.807, 2.05) is 4.90 Å². The number of benzene rings is 1. The van der Waals surface area contributed by atoms with Crippen LogP contribution in [0.15, 0.2) is 18.2 Å². The van der Waals surface area contributed by atoms with E-state index in [-0.39, 0.29) is 24.2 Å². The highest BCUT2D eigenvalue weighted by molar-refractivity contribution is 6.44. The molecule has 1 atom stereocenters. The third-order valence-corrected chi connectivity index (χ3v) is 5.82. The Morgan fingerprint density at radius 2 is 1.83 bits per heavy atom. The summed E-state index contributed by atoms with van der Waals surface area (Å²) in [4.78, 5) is 26.8. The SMILES string of the molecule is O=C(Nc1cccc(Cl)c1Cl)C1CC(=O)N(C2CCCCCC2)C1. The second-order valence-corrected chi connectivity index (χ2v) is 7.47. The minimum atomic E-state index is -0.323. The molecule has 1 aromatic carbocycles. The maximum absolute atomic E-state index is 12.5. The van der Waals surface area contributed by atoms with Crippen molar-refractivity contribution in [3.8, 4) is 0 Å². The van der Waals surface area contributed by atoms with Gasteiger partial charge in [0.2, 0.25) is 11.8 Å². The van der Waals surface area contributed by atoms with E-state index in [4.69, 9.17) is 23.2 Å². The molecule has 1 aliphatic heterocycles. The minimum Gasteiger partial charge on any atom is -0.339 e. The summed E-state index contributed by atoms with van der Waals surface area (Å²) in [5.74, 6) is -0.390. The first-order valence-electron chi connectivity index (χ1n) is 8.60. The lowest BCUT2D eigenvalue weighted by atomic mass is 10.1. The first-order valence-corrected chi connectivity index (χ1v) is 9.36. The normalized spacial score (nSPS) is 22.5. The number of hydrogen-bond acceptors (Lipinski definition) is 2. The lowest BCUT2D eigenvalue weighted by molar-refractivity contribution is -0.130. The Labute approximate surface area is 152 Å². The van der Waals surface area contributed by atoms with Crippen molar-refractivity contribution in [1.82, 2.24) is 4.90 Å². The summed E-state index contributed by atoms with van der Waals surface area (Å²) in [6, 6.07) is 5.42. The second kappa shape index (κ2) is 7.75. The van der Waals surface area contributed by atoms with Gasteiger partial charge in [0.15, 0.2) is 0 Å². The summed E-state index contributed by atoms with van der Waals surface area (Å²) >= 11 is 12.1. The lowest BCUT2D eigenvalue weighted by Crippen LogP contribution is -2.37. The number of hydrogen-bond donors (Lipinski definition) is 1. The van der Waals surface area contributed by atoms with Gasteiger partial charge in [0.25, 0.3) is 0 Å². The maximum Gasteiger partial charge on any atom is 0.229 e. The fraction of sp³-hybridized carbons (Fsp3) is 0.556. The van der Waals surface area contributed by atoms with Gasteiger partial charge in [0.1, 0.15) is 0 Å². The van der Waals surface area contributed by atoms with Crippen molar-refractivity contribution in [2.24, 2.45) is 5.92 Å². The zero-order chi connectivity index (χ0) is 17.1. The molecular weight excluding hydrogens is 347 g/mol. The second-order valence-electron chi connectivity index (χ2n) is 6.68. The molecule has 1 heterocycles. The Morgan fingerprint density at radius 3 is 2.54 bits per heavy atom. The van der Waals surface area contributed by atoms with Crippen LogP contribution in [0.4, 0.5) is 5.69 Å². The van der Waals surface area contributed by atoms with Gasteiger partial charge in [-0.25, -0.2) is 0 Å². The van der Waals surface area contributed by atoms with Crippen LogP contribution < -0.4 is 5.32 Å². The van der Waals surface area contributed by atoms with E-state index in [0.717, 1.165) is 12.8 Å². The van der Waals surface area contributed by atoms with Crippen LogP contribution >= 0.6 is 23.2 Å². The molecule has 0 bridgehead atoms. The summed E-state index contributed by atoms with van der Waals surface area (Å²) < 4.78 is 0.